The maximum absolute atomic E-state index is 13.4. The van der Waals surface area contributed by atoms with E-state index in [1.165, 1.54) is 20.1 Å². The third-order valence-electron chi connectivity index (χ3n) is 4.74. The number of nitrogens with one attached hydrogen (secondary N) is 1. The van der Waals surface area contributed by atoms with E-state index in [1.807, 2.05) is 0 Å². The summed E-state index contributed by atoms with van der Waals surface area (Å²) < 4.78 is 51.5. The van der Waals surface area contributed by atoms with Crippen molar-refractivity contribution in [1.82, 2.24) is 14.6 Å². The van der Waals surface area contributed by atoms with Crippen LogP contribution in [0.2, 0.25) is 0 Å². The number of aryl methyl sites for hydroxylation is 1. The Kier molecular flexibility index (Phi) is 5.99. The van der Waals surface area contributed by atoms with Gasteiger partial charge in [-0.3, -0.25) is 14.9 Å². The Bertz CT molecular complexity index is 1450. The van der Waals surface area contributed by atoms with Crippen LogP contribution in [-0.2, 0) is 6.18 Å². The molecule has 1 N–H and O–H groups in total. The summed E-state index contributed by atoms with van der Waals surface area (Å²) in [7, 11) is 1.43. The lowest BCUT2D eigenvalue weighted by Crippen LogP contribution is -2.16. The molecule has 180 valence electrons. The summed E-state index contributed by atoms with van der Waals surface area (Å²) in [5.74, 6) is -0.234. The number of carbonyl (C=O) groups is 1. The molecule has 2 aromatic heterocycles. The molecule has 0 saturated heterocycles. The minimum atomic E-state index is -4.73. The molecule has 0 spiro atoms. The van der Waals surface area contributed by atoms with Crippen molar-refractivity contribution in [1.29, 1.82) is 0 Å². The molecule has 0 saturated carbocycles. The number of alkyl halides is 3. The third kappa shape index (κ3) is 4.98. The van der Waals surface area contributed by atoms with Crippen LogP contribution in [-0.4, -0.2) is 32.5 Å². The number of nitro groups is 1. The number of nitrogens with zero attached hydrogens (tertiary/aromatic N) is 4. The van der Waals surface area contributed by atoms with Crippen LogP contribution in [0.25, 0.3) is 5.65 Å². The molecule has 0 radical (unpaired) electrons. The van der Waals surface area contributed by atoms with Gasteiger partial charge in [0.05, 0.1) is 23.8 Å². The Morgan fingerprint density at radius 1 is 1.11 bits per heavy atom. The number of aromatic nitrogens is 3. The maximum atomic E-state index is 13.4. The Hall–Kier alpha value is -4.68. The minimum Gasteiger partial charge on any atom is -0.493 e. The molecule has 35 heavy (non-hydrogen) atoms. The van der Waals surface area contributed by atoms with Crippen molar-refractivity contribution in [2.24, 2.45) is 0 Å². The van der Waals surface area contributed by atoms with Crippen molar-refractivity contribution in [3.8, 4) is 17.2 Å². The number of carbonyl (C=O) groups excluding carboxylic acids is 1. The molecular formula is C22H16F3N5O5. The van der Waals surface area contributed by atoms with Gasteiger partial charge in [0, 0.05) is 23.9 Å². The van der Waals surface area contributed by atoms with E-state index in [0.29, 0.717) is 10.3 Å². The predicted molar refractivity (Wildman–Crippen MR) is 117 cm³/mol. The standard InChI is InChI=1S/C22H16F3N5O5/c1-12-7-19(22(23,24)25)29-20(26-12)11-16(28-29)21(31)27-13-8-14(30(32)33)10-15(9-13)35-18-6-4-3-5-17(18)34-2/h3-11H,1-2H3,(H,27,31). The minimum absolute atomic E-state index is 0.0191. The molecule has 0 aliphatic rings. The van der Waals surface area contributed by atoms with Gasteiger partial charge in [-0.15, -0.1) is 0 Å². The number of hydrogen-bond acceptors (Lipinski definition) is 7. The predicted octanol–water partition coefficient (Wildman–Crippen LogP) is 5.02. The van der Waals surface area contributed by atoms with E-state index in [4.69, 9.17) is 9.47 Å². The number of rotatable bonds is 6. The highest BCUT2D eigenvalue weighted by atomic mass is 19.4. The second-order valence-electron chi connectivity index (χ2n) is 7.26. The van der Waals surface area contributed by atoms with E-state index >= 15 is 0 Å². The molecule has 0 atom stereocenters. The van der Waals surface area contributed by atoms with Crippen molar-refractivity contribution in [3.63, 3.8) is 0 Å². The van der Waals surface area contributed by atoms with Crippen LogP contribution >= 0.6 is 0 Å². The zero-order valence-corrected chi connectivity index (χ0v) is 18.2. The number of fused-ring (bicyclic) bond motifs is 1. The Balaban J connectivity index is 1.67. The summed E-state index contributed by atoms with van der Waals surface area (Å²) in [6.07, 6.45) is -4.73. The summed E-state index contributed by atoms with van der Waals surface area (Å²) in [6.45, 7) is 1.38. The average molecular weight is 487 g/mol. The van der Waals surface area contributed by atoms with Gasteiger partial charge in [0.2, 0.25) is 0 Å². The van der Waals surface area contributed by atoms with Gasteiger partial charge in [0.15, 0.2) is 22.8 Å². The first kappa shape index (κ1) is 23.5. The Morgan fingerprint density at radius 3 is 2.49 bits per heavy atom. The van der Waals surface area contributed by atoms with Crippen LogP contribution in [0.1, 0.15) is 21.9 Å². The summed E-state index contributed by atoms with van der Waals surface area (Å²) in [4.78, 5) is 27.4. The van der Waals surface area contributed by atoms with Crippen LogP contribution in [0.15, 0.2) is 54.6 Å². The topological polar surface area (TPSA) is 121 Å². The number of methoxy groups -OCH3 is 1. The third-order valence-corrected chi connectivity index (χ3v) is 4.74. The van der Waals surface area contributed by atoms with E-state index < -0.39 is 22.7 Å². The molecule has 0 bridgehead atoms. The zero-order chi connectivity index (χ0) is 25.3. The number of para-hydroxylation sites is 2. The van der Waals surface area contributed by atoms with E-state index in [1.54, 1.807) is 24.3 Å². The molecule has 2 aromatic carbocycles. The van der Waals surface area contributed by atoms with Crippen molar-refractivity contribution in [2.75, 3.05) is 12.4 Å². The molecule has 0 unspecified atom stereocenters. The molecule has 0 aliphatic carbocycles. The zero-order valence-electron chi connectivity index (χ0n) is 18.2. The molecular weight excluding hydrogens is 471 g/mol. The van der Waals surface area contributed by atoms with E-state index in [0.717, 1.165) is 24.3 Å². The first-order valence-corrected chi connectivity index (χ1v) is 9.91. The van der Waals surface area contributed by atoms with Crippen LogP contribution in [0.5, 0.6) is 17.2 Å². The molecule has 4 rings (SSSR count). The van der Waals surface area contributed by atoms with Gasteiger partial charge in [0.25, 0.3) is 11.6 Å². The number of ether oxygens (including phenoxy) is 2. The summed E-state index contributed by atoms with van der Waals surface area (Å²) in [6, 6.07) is 12.0. The van der Waals surface area contributed by atoms with Crippen molar-refractivity contribution in [2.45, 2.75) is 13.1 Å². The summed E-state index contributed by atoms with van der Waals surface area (Å²) in [5.41, 5.74) is -1.98. The van der Waals surface area contributed by atoms with E-state index in [9.17, 15) is 28.1 Å². The van der Waals surface area contributed by atoms with Gasteiger partial charge in [0.1, 0.15) is 11.4 Å². The molecule has 13 heteroatoms. The van der Waals surface area contributed by atoms with Crippen molar-refractivity contribution in [3.05, 3.63) is 81.8 Å². The number of nitro benzene ring substituents is 1. The van der Waals surface area contributed by atoms with Crippen LogP contribution in [0.3, 0.4) is 0 Å². The Morgan fingerprint density at radius 2 is 1.83 bits per heavy atom. The molecule has 0 fully saturated rings. The van der Waals surface area contributed by atoms with Crippen LogP contribution in [0.4, 0.5) is 24.5 Å². The maximum Gasteiger partial charge on any atom is 0.433 e. The van der Waals surface area contributed by atoms with Crippen LogP contribution in [0, 0.1) is 17.0 Å². The molecule has 4 aromatic rings. The summed E-state index contributed by atoms with van der Waals surface area (Å²) >= 11 is 0. The number of non-ortho nitro benzene ring substituents is 1. The largest absolute Gasteiger partial charge is 0.493 e. The number of hydrogen-bond donors (Lipinski definition) is 1. The fourth-order valence-electron chi connectivity index (χ4n) is 3.26. The SMILES string of the molecule is COc1ccccc1Oc1cc(NC(=O)c2cc3nc(C)cc(C(F)(F)F)n3n2)cc([N+](=O)[O-])c1. The van der Waals surface area contributed by atoms with Gasteiger partial charge in [-0.1, -0.05) is 12.1 Å². The number of anilines is 1. The fourth-order valence-corrected chi connectivity index (χ4v) is 3.26. The van der Waals surface area contributed by atoms with Gasteiger partial charge in [-0.25, -0.2) is 9.50 Å². The average Bonchev–Trinajstić information content (AvgIpc) is 3.22. The van der Waals surface area contributed by atoms with Crippen LogP contribution < -0.4 is 14.8 Å². The fraction of sp³-hybridized carbons (Fsp3) is 0.136. The highest BCUT2D eigenvalue weighted by molar-refractivity contribution is 6.03. The van der Waals surface area contributed by atoms with Gasteiger partial charge in [-0.2, -0.15) is 18.3 Å². The quantitative estimate of drug-likeness (QED) is 0.299. The van der Waals surface area contributed by atoms with Gasteiger partial charge in [-0.05, 0) is 25.1 Å². The smallest absolute Gasteiger partial charge is 0.433 e. The molecule has 10 nitrogen and oxygen atoms in total. The molecule has 2 heterocycles. The first-order chi connectivity index (χ1) is 16.5. The van der Waals surface area contributed by atoms with E-state index in [-0.39, 0.29) is 39.9 Å². The second kappa shape index (κ2) is 8.93. The second-order valence-corrected chi connectivity index (χ2v) is 7.26. The van der Waals surface area contributed by atoms with Crippen molar-refractivity contribution >= 4 is 22.9 Å². The highest BCUT2D eigenvalue weighted by Crippen LogP contribution is 2.35. The Labute approximate surface area is 195 Å². The van der Waals surface area contributed by atoms with Crippen molar-refractivity contribution < 1.29 is 32.4 Å². The highest BCUT2D eigenvalue weighted by Gasteiger charge is 2.35. The number of amides is 1. The lowest BCUT2D eigenvalue weighted by atomic mass is 10.2. The van der Waals surface area contributed by atoms with E-state index in [2.05, 4.69) is 15.4 Å². The lowest BCUT2D eigenvalue weighted by molar-refractivity contribution is -0.384. The normalized spacial score (nSPS) is 11.3. The first-order valence-electron chi connectivity index (χ1n) is 9.91. The number of halogens is 3. The summed E-state index contributed by atoms with van der Waals surface area (Å²) in [5, 5.41) is 17.5. The van der Waals surface area contributed by atoms with Gasteiger partial charge < -0.3 is 14.8 Å². The van der Waals surface area contributed by atoms with Gasteiger partial charge >= 0.3 is 6.18 Å². The monoisotopic (exact) mass is 487 g/mol. The molecule has 1 amide bonds. The molecule has 0 aliphatic heterocycles. The number of benzene rings is 2. The lowest BCUT2D eigenvalue weighted by Gasteiger charge is -2.11.